The average molecular weight is 569 g/mol. The number of carbonyl (C=O) groups is 1. The number of carbonyl (C=O) groups excluding carboxylic acids is 1. The van der Waals surface area contributed by atoms with Crippen molar-refractivity contribution < 1.29 is 4.79 Å². The normalized spacial score (nSPS) is 22.3. The van der Waals surface area contributed by atoms with Crippen LogP contribution in [0.1, 0.15) is 116 Å². The van der Waals surface area contributed by atoms with E-state index in [9.17, 15) is 4.79 Å². The van der Waals surface area contributed by atoms with Crippen LogP contribution in [0, 0.1) is 17.3 Å². The van der Waals surface area contributed by atoms with Gasteiger partial charge in [0, 0.05) is 30.7 Å². The van der Waals surface area contributed by atoms with Crippen LogP contribution >= 0.6 is 11.6 Å². The number of hydrogen-bond donors (Lipinski definition) is 1. The first kappa shape index (κ1) is 30.5. The van der Waals surface area contributed by atoms with Crippen molar-refractivity contribution in [2.24, 2.45) is 22.2 Å². The number of benzene rings is 1. The Bertz CT molecular complexity index is 1150. The maximum Gasteiger partial charge on any atom is 0.243 e. The number of rotatable bonds is 11. The SMILES string of the molecule is CCCCC(CC)C(NC(=O)C1CC(C)CN1C(=NC)C(n1cc(C2CC2)nn1)C(C)(C)C)c1ccc(Cl)cc1. The molecule has 7 nitrogen and oxygen atoms in total. The van der Waals surface area contributed by atoms with Gasteiger partial charge >= 0.3 is 0 Å². The van der Waals surface area contributed by atoms with Crippen LogP contribution < -0.4 is 5.32 Å². The van der Waals surface area contributed by atoms with Crippen LogP contribution in [-0.4, -0.2) is 51.3 Å². The van der Waals surface area contributed by atoms with Gasteiger partial charge in [-0.1, -0.05) is 89.8 Å². The van der Waals surface area contributed by atoms with E-state index in [-0.39, 0.29) is 29.4 Å². The molecule has 1 aliphatic carbocycles. The minimum Gasteiger partial charge on any atom is -0.347 e. The van der Waals surface area contributed by atoms with Gasteiger partial charge in [0.05, 0.1) is 11.7 Å². The van der Waals surface area contributed by atoms with Crippen molar-refractivity contribution in [2.45, 2.75) is 111 Å². The van der Waals surface area contributed by atoms with Gasteiger partial charge in [-0.05, 0) is 60.6 Å². The Labute approximate surface area is 246 Å². The molecular weight excluding hydrogens is 520 g/mol. The zero-order chi connectivity index (χ0) is 29.0. The maximum atomic E-state index is 14.2. The summed E-state index contributed by atoms with van der Waals surface area (Å²) in [4.78, 5) is 21.3. The van der Waals surface area contributed by atoms with Crippen molar-refractivity contribution >= 4 is 23.3 Å². The summed E-state index contributed by atoms with van der Waals surface area (Å²) in [6.07, 6.45) is 9.63. The Hall–Kier alpha value is -2.41. The van der Waals surface area contributed by atoms with Gasteiger partial charge in [-0.15, -0.1) is 5.10 Å². The maximum absolute atomic E-state index is 14.2. The number of nitrogens with one attached hydrogen (secondary N) is 1. The van der Waals surface area contributed by atoms with E-state index in [1.807, 2.05) is 23.9 Å². The molecule has 1 N–H and O–H groups in total. The van der Waals surface area contributed by atoms with Crippen molar-refractivity contribution in [1.82, 2.24) is 25.2 Å². The van der Waals surface area contributed by atoms with Gasteiger partial charge in [0.25, 0.3) is 0 Å². The standard InChI is InChI=1S/C32H49ClN6O/c1-8-10-11-22(9-2)28(24-14-16-25(33)17-15-24)35-31(40)27-18-21(3)19-38(27)30(34-7)29(32(4,5)6)39-20-26(36-37-39)23-12-13-23/h14-17,20-23,27-29H,8-13,18-19H2,1-7H3,(H,35,40). The van der Waals surface area contributed by atoms with Gasteiger partial charge in [0.1, 0.15) is 17.9 Å². The van der Waals surface area contributed by atoms with E-state index in [0.717, 1.165) is 55.7 Å². The van der Waals surface area contributed by atoms with E-state index in [1.54, 1.807) is 0 Å². The molecule has 0 bridgehead atoms. The Morgan fingerprint density at radius 1 is 1.20 bits per heavy atom. The molecule has 1 aromatic carbocycles. The lowest BCUT2D eigenvalue weighted by molar-refractivity contribution is -0.125. The summed E-state index contributed by atoms with van der Waals surface area (Å²) in [5.74, 6) is 2.25. The summed E-state index contributed by atoms with van der Waals surface area (Å²) in [6, 6.07) is 7.51. The van der Waals surface area contributed by atoms with Crippen LogP contribution in [0.5, 0.6) is 0 Å². The van der Waals surface area contributed by atoms with Crippen LogP contribution in [0.25, 0.3) is 0 Å². The summed E-state index contributed by atoms with van der Waals surface area (Å²) in [5.41, 5.74) is 2.01. The summed E-state index contributed by atoms with van der Waals surface area (Å²) in [7, 11) is 1.85. The molecule has 1 aromatic heterocycles. The van der Waals surface area contributed by atoms with Crippen molar-refractivity contribution in [3.63, 3.8) is 0 Å². The summed E-state index contributed by atoms with van der Waals surface area (Å²) < 4.78 is 1.99. The van der Waals surface area contributed by atoms with Gasteiger partial charge in [-0.3, -0.25) is 9.79 Å². The summed E-state index contributed by atoms with van der Waals surface area (Å²) in [5, 5.41) is 13.3. The molecule has 5 atom stereocenters. The van der Waals surface area contributed by atoms with E-state index >= 15 is 0 Å². The predicted octanol–water partition coefficient (Wildman–Crippen LogP) is 7.21. The highest BCUT2D eigenvalue weighted by atomic mass is 35.5. The summed E-state index contributed by atoms with van der Waals surface area (Å²) in [6.45, 7) is 14.1. The lowest BCUT2D eigenvalue weighted by atomic mass is 9.85. The zero-order valence-corrected chi connectivity index (χ0v) is 26.3. The molecule has 1 aliphatic heterocycles. The number of aliphatic imine (C=N–C) groups is 1. The fourth-order valence-electron chi connectivity index (χ4n) is 6.31. The van der Waals surface area contributed by atoms with E-state index in [4.69, 9.17) is 16.6 Å². The molecule has 5 unspecified atom stereocenters. The Balaban J connectivity index is 1.63. The third-order valence-corrected chi connectivity index (χ3v) is 8.89. The third-order valence-electron chi connectivity index (χ3n) is 8.64. The molecule has 8 heteroatoms. The number of amidine groups is 1. The van der Waals surface area contributed by atoms with Gasteiger partial charge in [-0.2, -0.15) is 0 Å². The molecule has 0 radical (unpaired) electrons. The third kappa shape index (κ3) is 7.07. The number of nitrogens with zero attached hydrogens (tertiary/aromatic N) is 5. The van der Waals surface area contributed by atoms with Crippen LogP contribution in [0.15, 0.2) is 35.5 Å². The highest BCUT2D eigenvalue weighted by Crippen LogP contribution is 2.41. The molecule has 1 amide bonds. The van der Waals surface area contributed by atoms with E-state index in [2.05, 4.69) is 80.4 Å². The van der Waals surface area contributed by atoms with Crippen molar-refractivity contribution in [2.75, 3.05) is 13.6 Å². The van der Waals surface area contributed by atoms with Crippen molar-refractivity contribution in [3.05, 3.63) is 46.7 Å². The number of hydrogen-bond acceptors (Lipinski definition) is 4. The van der Waals surface area contributed by atoms with Crippen molar-refractivity contribution in [3.8, 4) is 0 Å². The quantitative estimate of drug-likeness (QED) is 0.229. The van der Waals surface area contributed by atoms with E-state index in [0.29, 0.717) is 22.8 Å². The molecule has 2 fully saturated rings. The number of aromatic nitrogens is 3. The molecule has 1 saturated carbocycles. The second kappa shape index (κ2) is 13.1. The summed E-state index contributed by atoms with van der Waals surface area (Å²) >= 11 is 6.23. The lowest BCUT2D eigenvalue weighted by Crippen LogP contribution is -2.51. The second-order valence-corrected chi connectivity index (χ2v) is 13.5. The van der Waals surface area contributed by atoms with Crippen LogP contribution in [0.3, 0.4) is 0 Å². The highest BCUT2D eigenvalue weighted by Gasteiger charge is 2.44. The monoisotopic (exact) mass is 568 g/mol. The number of unbranched alkanes of at least 4 members (excludes halogenated alkanes) is 1. The first-order chi connectivity index (χ1) is 19.1. The van der Waals surface area contributed by atoms with Crippen molar-refractivity contribution in [1.29, 1.82) is 0 Å². The first-order valence-corrected chi connectivity index (χ1v) is 15.7. The van der Waals surface area contributed by atoms with Crippen LogP contribution in [0.4, 0.5) is 0 Å². The first-order valence-electron chi connectivity index (χ1n) is 15.3. The molecule has 220 valence electrons. The molecule has 0 spiro atoms. The molecular formula is C32H49ClN6O. The molecule has 4 rings (SSSR count). The van der Waals surface area contributed by atoms with Gasteiger partial charge in [0.15, 0.2) is 0 Å². The Morgan fingerprint density at radius 2 is 1.90 bits per heavy atom. The number of amides is 1. The minimum atomic E-state index is -0.288. The second-order valence-electron chi connectivity index (χ2n) is 13.1. The molecule has 1 saturated heterocycles. The number of likely N-dealkylation sites (tertiary alicyclic amines) is 1. The lowest BCUT2D eigenvalue weighted by Gasteiger charge is -2.38. The smallest absolute Gasteiger partial charge is 0.243 e. The fourth-order valence-corrected chi connectivity index (χ4v) is 6.43. The highest BCUT2D eigenvalue weighted by molar-refractivity contribution is 6.30. The zero-order valence-electron chi connectivity index (χ0n) is 25.5. The average Bonchev–Trinajstić information content (AvgIpc) is 3.53. The minimum absolute atomic E-state index is 0.0593. The fraction of sp³-hybridized carbons (Fsp3) is 0.688. The topological polar surface area (TPSA) is 75.4 Å². The molecule has 40 heavy (non-hydrogen) atoms. The molecule has 2 aromatic rings. The van der Waals surface area contributed by atoms with Crippen LogP contribution in [0.2, 0.25) is 5.02 Å². The Morgan fingerprint density at radius 3 is 2.48 bits per heavy atom. The predicted molar refractivity (Wildman–Crippen MR) is 164 cm³/mol. The molecule has 2 heterocycles. The van der Waals surface area contributed by atoms with E-state index in [1.165, 1.54) is 12.8 Å². The van der Waals surface area contributed by atoms with Gasteiger partial charge < -0.3 is 10.2 Å². The van der Waals surface area contributed by atoms with Gasteiger partial charge in [0.2, 0.25) is 5.91 Å². The van der Waals surface area contributed by atoms with Crippen LogP contribution in [-0.2, 0) is 4.79 Å². The van der Waals surface area contributed by atoms with E-state index < -0.39 is 0 Å². The largest absolute Gasteiger partial charge is 0.347 e. The molecule has 2 aliphatic rings. The Kier molecular flexibility index (Phi) is 9.97. The number of halogens is 1. The van der Waals surface area contributed by atoms with Gasteiger partial charge in [-0.25, -0.2) is 4.68 Å².